The zero-order chi connectivity index (χ0) is 19.7. The van der Waals surface area contributed by atoms with E-state index in [1.165, 1.54) is 13.2 Å². The number of halogens is 1. The number of hydrogen-bond donors (Lipinski definition) is 1. The maximum atomic E-state index is 14.0. The number of carbonyl (C=O) groups excluding carboxylic acids is 1. The highest BCUT2D eigenvalue weighted by molar-refractivity contribution is 6.02. The molecule has 6 nitrogen and oxygen atoms in total. The number of aromatic nitrogens is 1. The lowest BCUT2D eigenvalue weighted by molar-refractivity contribution is -0.118. The van der Waals surface area contributed by atoms with Gasteiger partial charge in [-0.05, 0) is 37.1 Å². The topological polar surface area (TPSA) is 73.6 Å². The van der Waals surface area contributed by atoms with E-state index >= 15 is 0 Å². The third kappa shape index (κ3) is 3.09. The monoisotopic (exact) mass is 382 g/mol. The SMILES string of the molecule is COc1ccc(NC(=O)C2(c3cc(-c4ccccc4F)on3)CC2)c(OC)c1. The molecule has 1 saturated carbocycles. The zero-order valence-electron chi connectivity index (χ0n) is 15.5. The second kappa shape index (κ2) is 6.99. The van der Waals surface area contributed by atoms with Gasteiger partial charge in [0, 0.05) is 12.1 Å². The van der Waals surface area contributed by atoms with Gasteiger partial charge >= 0.3 is 0 Å². The fraction of sp³-hybridized carbons (Fsp3) is 0.238. The second-order valence-electron chi connectivity index (χ2n) is 6.66. The second-order valence-corrected chi connectivity index (χ2v) is 6.66. The Bertz CT molecular complexity index is 1030. The molecular formula is C21H19FN2O4. The van der Waals surface area contributed by atoms with Crippen LogP contribution in [0, 0.1) is 5.82 Å². The highest BCUT2D eigenvalue weighted by Crippen LogP contribution is 2.49. The Balaban J connectivity index is 1.58. The Kier molecular flexibility index (Phi) is 4.50. The van der Waals surface area contributed by atoms with Crippen LogP contribution in [-0.2, 0) is 10.2 Å². The molecule has 4 rings (SSSR count). The number of ether oxygens (including phenoxy) is 2. The summed E-state index contributed by atoms with van der Waals surface area (Å²) in [5.74, 6) is 0.818. The van der Waals surface area contributed by atoms with E-state index < -0.39 is 11.2 Å². The minimum absolute atomic E-state index is 0.204. The number of anilines is 1. The van der Waals surface area contributed by atoms with Crippen LogP contribution in [0.5, 0.6) is 11.5 Å². The van der Waals surface area contributed by atoms with Crippen LogP contribution >= 0.6 is 0 Å². The number of benzene rings is 2. The molecule has 0 atom stereocenters. The molecule has 1 aromatic heterocycles. The van der Waals surface area contributed by atoms with E-state index in [1.807, 2.05) is 0 Å². The van der Waals surface area contributed by atoms with Crippen LogP contribution < -0.4 is 14.8 Å². The summed E-state index contributed by atoms with van der Waals surface area (Å²) in [4.78, 5) is 13.0. The highest BCUT2D eigenvalue weighted by atomic mass is 19.1. The molecular weight excluding hydrogens is 363 g/mol. The van der Waals surface area contributed by atoms with Gasteiger partial charge in [-0.25, -0.2) is 4.39 Å². The summed E-state index contributed by atoms with van der Waals surface area (Å²) in [7, 11) is 3.08. The van der Waals surface area contributed by atoms with Gasteiger partial charge in [-0.2, -0.15) is 0 Å². The third-order valence-corrected chi connectivity index (χ3v) is 4.98. The van der Waals surface area contributed by atoms with E-state index in [9.17, 15) is 9.18 Å². The molecule has 7 heteroatoms. The van der Waals surface area contributed by atoms with Crippen LogP contribution in [0.15, 0.2) is 53.1 Å². The molecule has 1 aliphatic rings. The van der Waals surface area contributed by atoms with E-state index in [0.717, 1.165) is 0 Å². The number of nitrogens with zero attached hydrogens (tertiary/aromatic N) is 1. The van der Waals surface area contributed by atoms with Gasteiger partial charge in [-0.3, -0.25) is 4.79 Å². The van der Waals surface area contributed by atoms with Crippen molar-refractivity contribution in [2.24, 2.45) is 0 Å². The Hall–Kier alpha value is -3.35. The number of carbonyl (C=O) groups is 1. The predicted molar refractivity (Wildman–Crippen MR) is 101 cm³/mol. The van der Waals surface area contributed by atoms with Crippen LogP contribution in [-0.4, -0.2) is 25.3 Å². The van der Waals surface area contributed by atoms with Crippen LogP contribution in [0.3, 0.4) is 0 Å². The first-order valence-corrected chi connectivity index (χ1v) is 8.83. The molecule has 0 bridgehead atoms. The average molecular weight is 382 g/mol. The largest absolute Gasteiger partial charge is 0.497 e. The summed E-state index contributed by atoms with van der Waals surface area (Å²) < 4.78 is 29.8. The van der Waals surface area contributed by atoms with Gasteiger partial charge in [0.05, 0.1) is 36.6 Å². The van der Waals surface area contributed by atoms with Crippen molar-refractivity contribution < 1.29 is 23.2 Å². The smallest absolute Gasteiger partial charge is 0.236 e. The molecule has 1 amide bonds. The van der Waals surface area contributed by atoms with E-state index in [0.29, 0.717) is 47.0 Å². The fourth-order valence-corrected chi connectivity index (χ4v) is 3.16. The number of nitrogens with one attached hydrogen (secondary N) is 1. The van der Waals surface area contributed by atoms with Crippen molar-refractivity contribution >= 4 is 11.6 Å². The lowest BCUT2D eigenvalue weighted by Crippen LogP contribution is -2.28. The van der Waals surface area contributed by atoms with Crippen molar-refractivity contribution in [3.05, 3.63) is 60.0 Å². The van der Waals surface area contributed by atoms with Gasteiger partial charge in [0.25, 0.3) is 0 Å². The first-order chi connectivity index (χ1) is 13.6. The van der Waals surface area contributed by atoms with Crippen molar-refractivity contribution in [2.75, 3.05) is 19.5 Å². The van der Waals surface area contributed by atoms with E-state index in [4.69, 9.17) is 14.0 Å². The molecule has 0 saturated heterocycles. The van der Waals surface area contributed by atoms with E-state index in [-0.39, 0.29) is 5.91 Å². The van der Waals surface area contributed by atoms with Crippen LogP contribution in [0.1, 0.15) is 18.5 Å². The van der Waals surface area contributed by atoms with E-state index in [1.54, 1.807) is 49.6 Å². The van der Waals surface area contributed by atoms with Crippen molar-refractivity contribution in [1.82, 2.24) is 5.16 Å². The molecule has 0 spiro atoms. The van der Waals surface area contributed by atoms with Gasteiger partial charge < -0.3 is 19.3 Å². The van der Waals surface area contributed by atoms with Gasteiger partial charge in [0.1, 0.15) is 17.3 Å². The first kappa shape index (κ1) is 18.0. The van der Waals surface area contributed by atoms with Crippen molar-refractivity contribution in [3.8, 4) is 22.8 Å². The molecule has 28 heavy (non-hydrogen) atoms. The van der Waals surface area contributed by atoms with Gasteiger partial charge in [0.2, 0.25) is 5.91 Å². The predicted octanol–water partition coefficient (Wildman–Crippen LogP) is 4.17. The lowest BCUT2D eigenvalue weighted by Gasteiger charge is -2.15. The minimum atomic E-state index is -0.780. The number of amides is 1. The van der Waals surface area contributed by atoms with E-state index in [2.05, 4.69) is 10.5 Å². The quantitative estimate of drug-likeness (QED) is 0.693. The van der Waals surface area contributed by atoms with Crippen molar-refractivity contribution in [1.29, 1.82) is 0 Å². The normalized spacial score (nSPS) is 14.4. The van der Waals surface area contributed by atoms with Gasteiger partial charge in [0.15, 0.2) is 5.76 Å². The van der Waals surface area contributed by atoms with Crippen LogP contribution in [0.2, 0.25) is 0 Å². The van der Waals surface area contributed by atoms with Gasteiger partial charge in [-0.1, -0.05) is 17.3 Å². The Morgan fingerprint density at radius 3 is 2.61 bits per heavy atom. The highest BCUT2D eigenvalue weighted by Gasteiger charge is 2.54. The molecule has 1 fully saturated rings. The summed E-state index contributed by atoms with van der Waals surface area (Å²) in [6.07, 6.45) is 1.28. The minimum Gasteiger partial charge on any atom is -0.497 e. The maximum Gasteiger partial charge on any atom is 0.236 e. The van der Waals surface area contributed by atoms with Gasteiger partial charge in [-0.15, -0.1) is 0 Å². The molecule has 144 valence electrons. The van der Waals surface area contributed by atoms with Crippen molar-refractivity contribution in [2.45, 2.75) is 18.3 Å². The Labute approximate surface area is 161 Å². The zero-order valence-corrected chi connectivity index (χ0v) is 15.5. The molecule has 2 aromatic carbocycles. The molecule has 0 aliphatic heterocycles. The molecule has 3 aromatic rings. The fourth-order valence-electron chi connectivity index (χ4n) is 3.16. The lowest BCUT2D eigenvalue weighted by atomic mass is 10.00. The summed E-state index contributed by atoms with van der Waals surface area (Å²) >= 11 is 0. The van der Waals surface area contributed by atoms with Crippen molar-refractivity contribution in [3.63, 3.8) is 0 Å². The van der Waals surface area contributed by atoms with Crippen LogP contribution in [0.4, 0.5) is 10.1 Å². The van der Waals surface area contributed by atoms with Crippen LogP contribution in [0.25, 0.3) is 11.3 Å². The average Bonchev–Trinajstić information content (AvgIpc) is 3.39. The third-order valence-electron chi connectivity index (χ3n) is 4.98. The molecule has 1 N–H and O–H groups in total. The number of methoxy groups -OCH3 is 2. The molecule has 1 heterocycles. The summed E-state index contributed by atoms with van der Waals surface area (Å²) in [6.45, 7) is 0. The summed E-state index contributed by atoms with van der Waals surface area (Å²) in [6, 6.07) is 13.1. The molecule has 0 unspecified atom stereocenters. The molecule has 1 aliphatic carbocycles. The molecule has 0 radical (unpaired) electrons. The maximum absolute atomic E-state index is 14.0. The Morgan fingerprint density at radius 2 is 1.93 bits per heavy atom. The first-order valence-electron chi connectivity index (χ1n) is 8.83. The Morgan fingerprint density at radius 1 is 1.14 bits per heavy atom. The number of hydrogen-bond acceptors (Lipinski definition) is 5. The summed E-state index contributed by atoms with van der Waals surface area (Å²) in [5, 5.41) is 6.95. The standard InChI is InChI=1S/C21H19FN2O4/c1-26-13-7-8-16(18(11-13)27-2)23-20(25)21(9-10-21)19-12-17(28-24-19)14-5-3-4-6-15(14)22/h3-8,11-12H,9-10H2,1-2H3,(H,23,25). The summed E-state index contributed by atoms with van der Waals surface area (Å²) in [5.41, 5.74) is 0.570. The number of rotatable bonds is 6.